The second-order valence-electron chi connectivity index (χ2n) is 4.45. The molecule has 98 valence electrons. The smallest absolute Gasteiger partial charge is 0.271 e. The van der Waals surface area contributed by atoms with Gasteiger partial charge in [0.25, 0.3) is 5.56 Å². The summed E-state index contributed by atoms with van der Waals surface area (Å²) in [5.41, 5.74) is 2.31. The number of aromatic nitrogens is 1. The molecule has 4 heteroatoms. The number of rotatable bonds is 4. The van der Waals surface area contributed by atoms with Gasteiger partial charge in [-0.3, -0.25) is 9.59 Å². The Balaban J connectivity index is 1.90. The first-order chi connectivity index (χ1) is 9.15. The van der Waals surface area contributed by atoms with Crippen LogP contribution in [0.25, 0.3) is 0 Å². The topological polar surface area (TPSA) is 62.0 Å². The second kappa shape index (κ2) is 6.00. The van der Waals surface area contributed by atoms with Gasteiger partial charge in [-0.2, -0.15) is 0 Å². The highest BCUT2D eigenvalue weighted by molar-refractivity contribution is 5.90. The van der Waals surface area contributed by atoms with E-state index in [0.29, 0.717) is 12.8 Å². The zero-order valence-corrected chi connectivity index (χ0v) is 10.8. The zero-order valence-electron chi connectivity index (χ0n) is 10.8. The summed E-state index contributed by atoms with van der Waals surface area (Å²) >= 11 is 0. The van der Waals surface area contributed by atoms with Crippen LogP contribution in [0, 0.1) is 6.92 Å². The fourth-order valence-electron chi connectivity index (χ4n) is 1.75. The lowest BCUT2D eigenvalue weighted by atomic mass is 10.1. The Hall–Kier alpha value is -2.36. The largest absolute Gasteiger partial charge is 0.327 e. The van der Waals surface area contributed by atoms with Crippen molar-refractivity contribution in [3.63, 3.8) is 0 Å². The Morgan fingerprint density at radius 2 is 1.95 bits per heavy atom. The van der Waals surface area contributed by atoms with Crippen molar-refractivity contribution in [2.75, 3.05) is 5.32 Å². The summed E-state index contributed by atoms with van der Waals surface area (Å²) in [7, 11) is 0. The van der Waals surface area contributed by atoms with E-state index in [9.17, 15) is 9.59 Å². The molecule has 0 bridgehead atoms. The summed E-state index contributed by atoms with van der Waals surface area (Å²) < 4.78 is 0. The molecule has 2 N–H and O–H groups in total. The van der Waals surface area contributed by atoms with Crippen molar-refractivity contribution < 1.29 is 4.79 Å². The molecule has 1 amide bonds. The Bertz CT molecular complexity index is 615. The third-order valence-electron chi connectivity index (χ3n) is 2.85. The van der Waals surface area contributed by atoms with Crippen LogP contribution < -0.4 is 10.9 Å². The van der Waals surface area contributed by atoms with Gasteiger partial charge in [-0.05, 0) is 31.0 Å². The van der Waals surface area contributed by atoms with Crippen LogP contribution in [-0.4, -0.2) is 10.9 Å². The maximum Gasteiger partial charge on any atom is 0.271 e. The molecule has 4 nitrogen and oxygen atoms in total. The van der Waals surface area contributed by atoms with Crippen LogP contribution in [0.5, 0.6) is 0 Å². The number of carbonyl (C=O) groups is 1. The fraction of sp³-hybridized carbons (Fsp3) is 0.200. The molecule has 1 aromatic carbocycles. The monoisotopic (exact) mass is 256 g/mol. The van der Waals surface area contributed by atoms with E-state index < -0.39 is 0 Å². The molecule has 2 rings (SSSR count). The summed E-state index contributed by atoms with van der Waals surface area (Å²) in [6.45, 7) is 2.03. The number of H-pyrrole nitrogens is 1. The summed E-state index contributed by atoms with van der Waals surface area (Å²) in [5, 5.41) is 2.61. The Labute approximate surface area is 111 Å². The van der Waals surface area contributed by atoms with E-state index in [1.807, 2.05) is 31.2 Å². The van der Waals surface area contributed by atoms with Crippen molar-refractivity contribution in [2.24, 2.45) is 0 Å². The van der Waals surface area contributed by atoms with Crippen molar-refractivity contribution in [2.45, 2.75) is 19.8 Å². The van der Waals surface area contributed by atoms with E-state index in [2.05, 4.69) is 10.3 Å². The minimum Gasteiger partial charge on any atom is -0.327 e. The summed E-state index contributed by atoms with van der Waals surface area (Å²) in [6, 6.07) is 11.3. The molecule has 19 heavy (non-hydrogen) atoms. The summed E-state index contributed by atoms with van der Waals surface area (Å²) in [4.78, 5) is 25.7. The van der Waals surface area contributed by atoms with Crippen molar-refractivity contribution in [1.29, 1.82) is 0 Å². The van der Waals surface area contributed by atoms with E-state index in [1.54, 1.807) is 12.1 Å². The SMILES string of the molecule is Cc1ccc(CCC(=O)Nc2ccc[nH]c2=O)cc1. The molecule has 0 saturated heterocycles. The first-order valence-corrected chi connectivity index (χ1v) is 6.18. The van der Waals surface area contributed by atoms with Crippen LogP contribution in [0.15, 0.2) is 47.4 Å². The van der Waals surface area contributed by atoms with Crippen LogP contribution in [0.1, 0.15) is 17.5 Å². The van der Waals surface area contributed by atoms with Gasteiger partial charge in [0, 0.05) is 12.6 Å². The number of benzene rings is 1. The van der Waals surface area contributed by atoms with Gasteiger partial charge in [-0.15, -0.1) is 0 Å². The first kappa shape index (κ1) is 13.1. The van der Waals surface area contributed by atoms with Crippen molar-refractivity contribution >= 4 is 11.6 Å². The molecule has 2 aromatic rings. The molecule has 0 fully saturated rings. The number of aromatic amines is 1. The highest BCUT2D eigenvalue weighted by atomic mass is 16.2. The fourth-order valence-corrected chi connectivity index (χ4v) is 1.75. The maximum atomic E-state index is 11.7. The van der Waals surface area contributed by atoms with Crippen LogP contribution in [-0.2, 0) is 11.2 Å². The van der Waals surface area contributed by atoms with E-state index >= 15 is 0 Å². The predicted molar refractivity (Wildman–Crippen MR) is 75.2 cm³/mol. The molecule has 0 saturated carbocycles. The van der Waals surface area contributed by atoms with Gasteiger partial charge in [0.2, 0.25) is 5.91 Å². The minimum atomic E-state index is -0.286. The quantitative estimate of drug-likeness (QED) is 0.881. The molecule has 0 radical (unpaired) electrons. The van der Waals surface area contributed by atoms with Crippen molar-refractivity contribution in [1.82, 2.24) is 4.98 Å². The standard InChI is InChI=1S/C15H16N2O2/c1-11-4-6-12(7-5-11)8-9-14(18)17-13-3-2-10-16-15(13)19/h2-7,10H,8-9H2,1H3,(H,16,19)(H,17,18). The number of aryl methyl sites for hydroxylation is 2. The Morgan fingerprint density at radius 1 is 1.21 bits per heavy atom. The molecule has 0 atom stereocenters. The molecular weight excluding hydrogens is 240 g/mol. The van der Waals surface area contributed by atoms with Gasteiger partial charge >= 0.3 is 0 Å². The van der Waals surface area contributed by atoms with Crippen LogP contribution in [0.2, 0.25) is 0 Å². The highest BCUT2D eigenvalue weighted by Crippen LogP contribution is 2.06. The van der Waals surface area contributed by atoms with Crippen molar-refractivity contribution in [3.8, 4) is 0 Å². The number of pyridine rings is 1. The van der Waals surface area contributed by atoms with Crippen LogP contribution in [0.3, 0.4) is 0 Å². The molecule has 1 heterocycles. The van der Waals surface area contributed by atoms with Crippen LogP contribution >= 0.6 is 0 Å². The Morgan fingerprint density at radius 3 is 2.63 bits per heavy atom. The lowest BCUT2D eigenvalue weighted by Gasteiger charge is -2.04. The third-order valence-corrected chi connectivity index (χ3v) is 2.85. The third kappa shape index (κ3) is 3.81. The van der Waals surface area contributed by atoms with Gasteiger partial charge < -0.3 is 10.3 Å². The number of carbonyl (C=O) groups excluding carboxylic acids is 1. The molecule has 0 aliphatic heterocycles. The summed E-state index contributed by atoms with van der Waals surface area (Å²) in [5.74, 6) is -0.155. The Kier molecular flexibility index (Phi) is 4.13. The van der Waals surface area contributed by atoms with Gasteiger partial charge in [-0.1, -0.05) is 29.8 Å². The number of hydrogen-bond acceptors (Lipinski definition) is 2. The molecule has 0 spiro atoms. The normalized spacial score (nSPS) is 10.2. The van der Waals surface area contributed by atoms with E-state index in [4.69, 9.17) is 0 Å². The molecule has 0 unspecified atom stereocenters. The van der Waals surface area contributed by atoms with Gasteiger partial charge in [0.05, 0.1) is 0 Å². The van der Waals surface area contributed by atoms with Crippen LogP contribution in [0.4, 0.5) is 5.69 Å². The number of nitrogens with one attached hydrogen (secondary N) is 2. The average molecular weight is 256 g/mol. The summed E-state index contributed by atoms with van der Waals surface area (Å²) in [6.07, 6.45) is 2.55. The van der Waals surface area contributed by atoms with Gasteiger partial charge in [-0.25, -0.2) is 0 Å². The van der Waals surface area contributed by atoms with Crippen molar-refractivity contribution in [3.05, 3.63) is 64.1 Å². The lowest BCUT2D eigenvalue weighted by molar-refractivity contribution is -0.116. The highest BCUT2D eigenvalue weighted by Gasteiger charge is 2.05. The maximum absolute atomic E-state index is 11.7. The number of anilines is 1. The number of hydrogen-bond donors (Lipinski definition) is 2. The zero-order chi connectivity index (χ0) is 13.7. The second-order valence-corrected chi connectivity index (χ2v) is 4.45. The molecule has 0 aliphatic rings. The van der Waals surface area contributed by atoms with E-state index in [0.717, 1.165) is 5.56 Å². The van der Waals surface area contributed by atoms with E-state index in [1.165, 1.54) is 11.8 Å². The minimum absolute atomic E-state index is 0.155. The first-order valence-electron chi connectivity index (χ1n) is 6.18. The predicted octanol–water partition coefficient (Wildman–Crippen LogP) is 2.25. The molecule has 0 aliphatic carbocycles. The molecule has 1 aromatic heterocycles. The average Bonchev–Trinajstić information content (AvgIpc) is 2.41. The van der Waals surface area contributed by atoms with E-state index in [-0.39, 0.29) is 17.2 Å². The van der Waals surface area contributed by atoms with Gasteiger partial charge in [0.15, 0.2) is 0 Å². The van der Waals surface area contributed by atoms with Gasteiger partial charge in [0.1, 0.15) is 5.69 Å². The molecular formula is C15H16N2O2. The number of amides is 1. The lowest BCUT2D eigenvalue weighted by Crippen LogP contribution is -2.19.